The summed E-state index contributed by atoms with van der Waals surface area (Å²) in [5, 5.41) is 9.29. The Morgan fingerprint density at radius 2 is 1.42 bits per heavy atom. The van der Waals surface area contributed by atoms with Crippen LogP contribution in [0.25, 0.3) is 0 Å². The zero-order valence-corrected chi connectivity index (χ0v) is 14.6. The number of carbonyl (C=O) groups excluding carboxylic acids is 1. The van der Waals surface area contributed by atoms with Gasteiger partial charge < -0.3 is 0 Å². The smallest absolute Gasteiger partial charge is 0.169 e. The summed E-state index contributed by atoms with van der Waals surface area (Å²) in [5.74, 6) is -0.0446. The van der Waals surface area contributed by atoms with Crippen molar-refractivity contribution in [2.75, 3.05) is 0 Å². The van der Waals surface area contributed by atoms with Gasteiger partial charge in [-0.25, -0.2) is 0 Å². The second-order valence-electron chi connectivity index (χ2n) is 6.65. The summed E-state index contributed by atoms with van der Waals surface area (Å²) in [5.41, 5.74) is 1.33. The monoisotopic (exact) mass is 320 g/mol. The van der Waals surface area contributed by atoms with Gasteiger partial charge >= 0.3 is 0 Å². The van der Waals surface area contributed by atoms with Crippen molar-refractivity contribution in [2.45, 2.75) is 39.9 Å². The van der Waals surface area contributed by atoms with Crippen molar-refractivity contribution in [1.29, 1.82) is 5.26 Å². The first kappa shape index (κ1) is 17.9. The van der Waals surface area contributed by atoms with Crippen molar-refractivity contribution < 1.29 is 4.79 Å². The average Bonchev–Trinajstić information content (AvgIpc) is 2.61. The van der Waals surface area contributed by atoms with Crippen LogP contribution in [0.15, 0.2) is 60.7 Å². The maximum atomic E-state index is 12.8. The van der Waals surface area contributed by atoms with Crippen molar-refractivity contribution in [1.82, 2.24) is 4.90 Å². The van der Waals surface area contributed by atoms with E-state index < -0.39 is 5.41 Å². The van der Waals surface area contributed by atoms with Crippen LogP contribution in [0.3, 0.4) is 0 Å². The Labute approximate surface area is 144 Å². The standard InChI is InChI=1S/C21H24N2O/c1-17(20(24)21(2,3)16-22)23(14-18-10-6-4-7-11-18)15-19-12-8-5-9-13-19/h4-13,17H,14-15H2,1-3H3/t17-/m0/s1. The number of rotatable bonds is 7. The molecular weight excluding hydrogens is 296 g/mol. The van der Waals surface area contributed by atoms with Crippen LogP contribution in [0.2, 0.25) is 0 Å². The highest BCUT2D eigenvalue weighted by molar-refractivity contribution is 5.91. The maximum absolute atomic E-state index is 12.8. The quantitative estimate of drug-likeness (QED) is 0.768. The normalized spacial score (nSPS) is 12.6. The lowest BCUT2D eigenvalue weighted by Crippen LogP contribution is -2.43. The van der Waals surface area contributed by atoms with Gasteiger partial charge in [0.25, 0.3) is 0 Å². The fourth-order valence-electron chi connectivity index (χ4n) is 2.71. The summed E-state index contributed by atoms with van der Waals surface area (Å²) in [6.07, 6.45) is 0. The van der Waals surface area contributed by atoms with Gasteiger partial charge in [0.05, 0.1) is 12.1 Å². The first-order valence-electron chi connectivity index (χ1n) is 8.21. The molecule has 0 saturated heterocycles. The maximum Gasteiger partial charge on any atom is 0.169 e. The molecule has 0 aliphatic rings. The minimum Gasteiger partial charge on any atom is -0.296 e. The molecule has 0 fully saturated rings. The van der Waals surface area contributed by atoms with E-state index in [1.54, 1.807) is 13.8 Å². The van der Waals surface area contributed by atoms with E-state index in [4.69, 9.17) is 0 Å². The van der Waals surface area contributed by atoms with E-state index in [2.05, 4.69) is 35.2 Å². The molecule has 2 aromatic carbocycles. The molecule has 1 atom stereocenters. The zero-order chi connectivity index (χ0) is 17.6. The number of nitriles is 1. The summed E-state index contributed by atoms with van der Waals surface area (Å²) in [7, 11) is 0. The number of nitrogens with zero attached hydrogens (tertiary/aromatic N) is 2. The molecule has 2 aromatic rings. The van der Waals surface area contributed by atoms with Crippen LogP contribution in [-0.4, -0.2) is 16.7 Å². The van der Waals surface area contributed by atoms with Crippen LogP contribution in [-0.2, 0) is 17.9 Å². The first-order valence-corrected chi connectivity index (χ1v) is 8.21. The topological polar surface area (TPSA) is 44.1 Å². The number of ketones is 1. The Balaban J connectivity index is 2.25. The van der Waals surface area contributed by atoms with Gasteiger partial charge in [0, 0.05) is 13.1 Å². The Bertz CT molecular complexity index is 660. The SMILES string of the molecule is C[C@@H](C(=O)C(C)(C)C#N)N(Cc1ccccc1)Cc1ccccc1. The fourth-order valence-corrected chi connectivity index (χ4v) is 2.71. The van der Waals surface area contributed by atoms with E-state index in [0.29, 0.717) is 13.1 Å². The second-order valence-corrected chi connectivity index (χ2v) is 6.65. The number of hydrogen-bond acceptors (Lipinski definition) is 3. The average molecular weight is 320 g/mol. The van der Waals surface area contributed by atoms with Crippen LogP contribution in [0.1, 0.15) is 31.9 Å². The first-order chi connectivity index (χ1) is 11.4. The third-order valence-electron chi connectivity index (χ3n) is 4.28. The van der Waals surface area contributed by atoms with E-state index in [-0.39, 0.29) is 11.8 Å². The molecule has 0 aliphatic carbocycles. The minimum atomic E-state index is -0.981. The highest BCUT2D eigenvalue weighted by Gasteiger charge is 2.34. The summed E-state index contributed by atoms with van der Waals surface area (Å²) in [4.78, 5) is 14.9. The summed E-state index contributed by atoms with van der Waals surface area (Å²) >= 11 is 0. The Morgan fingerprint density at radius 1 is 1.00 bits per heavy atom. The molecular formula is C21H24N2O. The van der Waals surface area contributed by atoms with Crippen molar-refractivity contribution in [2.24, 2.45) is 5.41 Å². The van der Waals surface area contributed by atoms with Gasteiger partial charge in [-0.15, -0.1) is 0 Å². The molecule has 2 rings (SSSR count). The molecule has 0 N–H and O–H groups in total. The van der Waals surface area contributed by atoms with Gasteiger partial charge in [0.15, 0.2) is 5.78 Å². The van der Waals surface area contributed by atoms with E-state index in [1.165, 1.54) is 0 Å². The fraction of sp³-hybridized carbons (Fsp3) is 0.333. The van der Waals surface area contributed by atoms with Gasteiger partial charge in [-0.3, -0.25) is 9.69 Å². The zero-order valence-electron chi connectivity index (χ0n) is 14.6. The predicted molar refractivity (Wildman–Crippen MR) is 96.0 cm³/mol. The predicted octanol–water partition coefficient (Wildman–Crippen LogP) is 4.20. The summed E-state index contributed by atoms with van der Waals surface area (Å²) < 4.78 is 0. The lowest BCUT2D eigenvalue weighted by Gasteiger charge is -2.31. The molecule has 0 amide bonds. The summed E-state index contributed by atoms with van der Waals surface area (Å²) in [6.45, 7) is 6.62. The van der Waals surface area contributed by atoms with E-state index in [1.807, 2.05) is 43.3 Å². The molecule has 3 nitrogen and oxygen atoms in total. The Kier molecular flexibility index (Phi) is 5.89. The van der Waals surface area contributed by atoms with Gasteiger partial charge in [-0.1, -0.05) is 60.7 Å². The largest absolute Gasteiger partial charge is 0.296 e. The van der Waals surface area contributed by atoms with Crippen LogP contribution in [0, 0.1) is 16.7 Å². The number of hydrogen-bond donors (Lipinski definition) is 0. The van der Waals surface area contributed by atoms with Crippen molar-refractivity contribution in [3.8, 4) is 6.07 Å². The van der Waals surface area contributed by atoms with E-state index >= 15 is 0 Å². The molecule has 0 heterocycles. The van der Waals surface area contributed by atoms with E-state index in [0.717, 1.165) is 11.1 Å². The molecule has 24 heavy (non-hydrogen) atoms. The molecule has 0 radical (unpaired) electrons. The third kappa shape index (κ3) is 4.53. The van der Waals surface area contributed by atoms with Gasteiger partial charge in [0.1, 0.15) is 5.41 Å². The van der Waals surface area contributed by atoms with Gasteiger partial charge in [-0.05, 0) is 31.9 Å². The van der Waals surface area contributed by atoms with Crippen LogP contribution >= 0.6 is 0 Å². The molecule has 0 spiro atoms. The highest BCUT2D eigenvalue weighted by Crippen LogP contribution is 2.22. The lowest BCUT2D eigenvalue weighted by atomic mass is 9.85. The van der Waals surface area contributed by atoms with Crippen LogP contribution in [0.4, 0.5) is 0 Å². The number of Topliss-reactive ketones (excluding diaryl/α,β-unsaturated/α-hetero) is 1. The van der Waals surface area contributed by atoms with Crippen LogP contribution in [0.5, 0.6) is 0 Å². The minimum absolute atomic E-state index is 0.0446. The van der Waals surface area contributed by atoms with Crippen molar-refractivity contribution in [3.05, 3.63) is 71.8 Å². The number of benzene rings is 2. The van der Waals surface area contributed by atoms with Gasteiger partial charge in [-0.2, -0.15) is 5.26 Å². The number of carbonyl (C=O) groups is 1. The molecule has 124 valence electrons. The van der Waals surface area contributed by atoms with E-state index in [9.17, 15) is 10.1 Å². The molecule has 0 aliphatic heterocycles. The van der Waals surface area contributed by atoms with Crippen molar-refractivity contribution >= 4 is 5.78 Å². The molecule has 0 saturated carbocycles. The summed E-state index contributed by atoms with van der Waals surface area (Å²) in [6, 6.07) is 22.0. The Morgan fingerprint density at radius 3 is 1.79 bits per heavy atom. The Hall–Kier alpha value is -2.44. The highest BCUT2D eigenvalue weighted by atomic mass is 16.1. The van der Waals surface area contributed by atoms with Gasteiger partial charge in [0.2, 0.25) is 0 Å². The third-order valence-corrected chi connectivity index (χ3v) is 4.28. The molecule has 3 heteroatoms. The van der Waals surface area contributed by atoms with Crippen LogP contribution < -0.4 is 0 Å². The second kappa shape index (κ2) is 7.90. The molecule has 0 bridgehead atoms. The molecule has 0 aromatic heterocycles. The lowest BCUT2D eigenvalue weighted by molar-refractivity contribution is -0.130. The van der Waals surface area contributed by atoms with Crippen molar-refractivity contribution in [3.63, 3.8) is 0 Å². The molecule has 0 unspecified atom stereocenters.